The van der Waals surface area contributed by atoms with Crippen LogP contribution in [0, 0.1) is 34.5 Å². The van der Waals surface area contributed by atoms with Crippen molar-refractivity contribution < 1.29 is 81.8 Å². The molecule has 4 aliphatic carbocycles. The number of rotatable bonds is 14. The lowest BCUT2D eigenvalue weighted by molar-refractivity contribution is -0.352. The third kappa shape index (κ3) is 9.93. The van der Waals surface area contributed by atoms with Gasteiger partial charge in [0.05, 0.1) is 42.2 Å². The first-order valence-electron chi connectivity index (χ1n) is 25.5. The summed E-state index contributed by atoms with van der Waals surface area (Å²) in [4.78, 5) is 40.4. The maximum absolute atomic E-state index is 13.8. The SMILES string of the molecule is CO[C@H]1[C@@H](O)[C@H](O[C@H]2[C@@H](OC)C[C@H](O[C@H]3[C@@H](OC)C[C@H](O[C@H]4CC[C@@]5(C)C(CCC6C5[C@H](OC(C)=O)[C@@H](OC(=O)/C=C/c5ccccc5)[C@]5(C)[C@@H](C(C)=O)CC[C@]65O)C4)O[C@@H]3C)O[C@@H]2C)O[C@H](C)[C@H]1O. The van der Waals surface area contributed by atoms with Crippen molar-refractivity contribution in [2.45, 2.75) is 210 Å². The van der Waals surface area contributed by atoms with E-state index in [4.69, 9.17) is 52.1 Å². The Bertz CT molecular complexity index is 2000. The van der Waals surface area contributed by atoms with Crippen LogP contribution in [0.15, 0.2) is 36.4 Å². The zero-order valence-electron chi connectivity index (χ0n) is 42.5. The van der Waals surface area contributed by atoms with Gasteiger partial charge >= 0.3 is 11.9 Å². The molecule has 17 nitrogen and oxygen atoms in total. The fourth-order valence-corrected chi connectivity index (χ4v) is 14.3. The van der Waals surface area contributed by atoms with Crippen molar-refractivity contribution in [1.29, 1.82) is 0 Å². The van der Waals surface area contributed by atoms with Crippen LogP contribution in [0.2, 0.25) is 0 Å². The molecular formula is C53H78O17. The van der Waals surface area contributed by atoms with Gasteiger partial charge in [-0.2, -0.15) is 0 Å². The van der Waals surface area contributed by atoms with Crippen LogP contribution in [0.3, 0.4) is 0 Å². The van der Waals surface area contributed by atoms with Crippen molar-refractivity contribution in [2.24, 2.45) is 34.5 Å². The molecule has 3 heterocycles. The van der Waals surface area contributed by atoms with E-state index in [0.29, 0.717) is 51.4 Å². The summed E-state index contributed by atoms with van der Waals surface area (Å²) in [6, 6.07) is 9.38. The van der Waals surface area contributed by atoms with Crippen LogP contribution in [0.1, 0.15) is 112 Å². The highest BCUT2D eigenvalue weighted by Crippen LogP contribution is 2.70. The molecule has 0 amide bonds. The summed E-state index contributed by atoms with van der Waals surface area (Å²) >= 11 is 0. The van der Waals surface area contributed by atoms with E-state index in [1.165, 1.54) is 27.0 Å². The Kier molecular flexibility index (Phi) is 16.4. The molecule has 3 aliphatic heterocycles. The number of esters is 2. The van der Waals surface area contributed by atoms with Gasteiger partial charge in [-0.15, -0.1) is 0 Å². The van der Waals surface area contributed by atoms with Gasteiger partial charge in [-0.05, 0) is 102 Å². The molecule has 1 aromatic rings. The molecule has 3 saturated heterocycles. The van der Waals surface area contributed by atoms with E-state index in [0.717, 1.165) is 12.0 Å². The fraction of sp³-hybridized carbons (Fsp3) is 0.792. The van der Waals surface area contributed by atoms with Crippen molar-refractivity contribution in [1.82, 2.24) is 0 Å². The molecule has 4 saturated carbocycles. The minimum Gasteiger partial charge on any atom is -0.458 e. The number of carbonyl (C=O) groups excluding carboxylic acids is 3. The van der Waals surface area contributed by atoms with E-state index in [1.54, 1.807) is 27.2 Å². The summed E-state index contributed by atoms with van der Waals surface area (Å²) in [6.45, 7) is 12.4. The molecule has 0 bridgehead atoms. The average Bonchev–Trinajstić information content (AvgIpc) is 3.61. The third-order valence-electron chi connectivity index (χ3n) is 17.9. The molecule has 0 radical (unpaired) electrons. The molecule has 7 aliphatic rings. The quantitative estimate of drug-likeness (QED) is 0.126. The van der Waals surface area contributed by atoms with Crippen molar-refractivity contribution >= 4 is 23.8 Å². The highest BCUT2D eigenvalue weighted by Gasteiger charge is 2.76. The number of ether oxygens (including phenoxy) is 11. The van der Waals surface area contributed by atoms with Crippen LogP contribution in [-0.4, -0.2) is 158 Å². The maximum atomic E-state index is 13.8. The number of carbonyl (C=O) groups is 3. The van der Waals surface area contributed by atoms with E-state index in [9.17, 15) is 29.7 Å². The first kappa shape index (κ1) is 53.4. The summed E-state index contributed by atoms with van der Waals surface area (Å²) in [7, 11) is 4.64. The molecule has 70 heavy (non-hydrogen) atoms. The van der Waals surface area contributed by atoms with Crippen LogP contribution in [0.4, 0.5) is 0 Å². The van der Waals surface area contributed by atoms with Gasteiger partial charge in [0.25, 0.3) is 0 Å². The van der Waals surface area contributed by atoms with Crippen molar-refractivity contribution in [3.63, 3.8) is 0 Å². The molecule has 0 spiro atoms. The molecule has 8 rings (SSSR count). The number of aliphatic hydroxyl groups excluding tert-OH is 2. The van der Waals surface area contributed by atoms with Crippen molar-refractivity contribution in [2.75, 3.05) is 21.3 Å². The Morgan fingerprint density at radius 1 is 0.700 bits per heavy atom. The van der Waals surface area contributed by atoms with Crippen LogP contribution in [0.25, 0.3) is 6.08 Å². The molecule has 392 valence electrons. The number of methoxy groups -OCH3 is 3. The number of ketones is 1. The summed E-state index contributed by atoms with van der Waals surface area (Å²) in [5.41, 5.74) is -2.19. The Morgan fingerprint density at radius 3 is 1.96 bits per heavy atom. The van der Waals surface area contributed by atoms with Crippen LogP contribution >= 0.6 is 0 Å². The van der Waals surface area contributed by atoms with E-state index in [1.807, 2.05) is 51.1 Å². The maximum Gasteiger partial charge on any atom is 0.331 e. The number of fused-ring (bicyclic) bond motifs is 5. The molecular weight excluding hydrogens is 909 g/mol. The van der Waals surface area contributed by atoms with Gasteiger partial charge in [-0.3, -0.25) is 9.59 Å². The van der Waals surface area contributed by atoms with Gasteiger partial charge in [-0.1, -0.05) is 44.2 Å². The number of hydrogen-bond acceptors (Lipinski definition) is 17. The predicted molar refractivity (Wildman–Crippen MR) is 250 cm³/mol. The van der Waals surface area contributed by atoms with Gasteiger partial charge in [-0.25, -0.2) is 4.79 Å². The molecule has 3 N–H and O–H groups in total. The second-order valence-corrected chi connectivity index (χ2v) is 21.7. The molecule has 7 fully saturated rings. The molecule has 3 unspecified atom stereocenters. The lowest BCUT2D eigenvalue weighted by Crippen LogP contribution is -2.73. The van der Waals surface area contributed by atoms with Crippen LogP contribution < -0.4 is 0 Å². The number of Topliss-reactive ketones (excluding diaryl/α,β-unsaturated/α-hetero) is 1. The monoisotopic (exact) mass is 987 g/mol. The molecule has 1 aromatic carbocycles. The summed E-state index contributed by atoms with van der Waals surface area (Å²) in [6.07, 6.45) is -3.20. The van der Waals surface area contributed by atoms with Gasteiger partial charge in [0.15, 0.2) is 18.9 Å². The Morgan fingerprint density at radius 2 is 1.34 bits per heavy atom. The summed E-state index contributed by atoms with van der Waals surface area (Å²) in [5.74, 6) is -2.40. The Labute approximate surface area is 412 Å². The van der Waals surface area contributed by atoms with Gasteiger partial charge in [0.2, 0.25) is 0 Å². The first-order chi connectivity index (χ1) is 33.3. The van der Waals surface area contributed by atoms with Crippen molar-refractivity contribution in [3.8, 4) is 0 Å². The largest absolute Gasteiger partial charge is 0.458 e. The second kappa shape index (κ2) is 21.5. The Balaban J connectivity index is 0.935. The first-order valence-corrected chi connectivity index (χ1v) is 25.5. The zero-order chi connectivity index (χ0) is 50.4. The molecule has 0 aromatic heterocycles. The molecule has 23 atom stereocenters. The standard InChI is InChI=1S/C53H78O17/c1-27(54)35-21-23-53(59)36-18-17-33-24-34(20-22-51(33,6)42(36)47(66-31(5)55)49(52(35,53)7)68-39(56)19-16-32-14-12-11-13-15-32)67-40-25-37(60-8)45(29(3)63-40)69-41-26-38(61-9)46(30(4)64-41)70-50-44(58)48(62-10)43(57)28(2)65-50/h11-16,19,28-30,33-38,40-50,57-59H,17-18,20-26H2,1-10H3/b19-16+/t28-,29-,30-,33?,34+,35-,36?,37+,38+,40+,41+,42?,43-,44-,45-,46-,47+,48-,49-,50+,51+,52+,53+/m1/s1. The topological polar surface area (TPSA) is 213 Å². The van der Waals surface area contributed by atoms with Crippen LogP contribution in [-0.2, 0) is 66.5 Å². The fourth-order valence-electron chi connectivity index (χ4n) is 14.3. The summed E-state index contributed by atoms with van der Waals surface area (Å²) in [5, 5.41) is 34.5. The lowest BCUT2D eigenvalue weighted by Gasteiger charge is -2.66. The summed E-state index contributed by atoms with van der Waals surface area (Å²) < 4.78 is 68.5. The average molecular weight is 987 g/mol. The van der Waals surface area contributed by atoms with Gasteiger partial charge in [0.1, 0.15) is 48.5 Å². The van der Waals surface area contributed by atoms with Gasteiger partial charge in [0, 0.05) is 64.4 Å². The van der Waals surface area contributed by atoms with Gasteiger partial charge < -0.3 is 67.4 Å². The zero-order valence-corrected chi connectivity index (χ0v) is 42.5. The Hall–Kier alpha value is -2.91. The molecule has 17 heteroatoms. The number of hydrogen-bond donors (Lipinski definition) is 3. The lowest BCUT2D eigenvalue weighted by atomic mass is 9.41. The number of aliphatic hydroxyl groups is 3. The van der Waals surface area contributed by atoms with E-state index >= 15 is 0 Å². The third-order valence-corrected chi connectivity index (χ3v) is 17.9. The van der Waals surface area contributed by atoms with E-state index in [2.05, 4.69) is 6.92 Å². The normalized spacial score (nSPS) is 47.2. The number of benzene rings is 1. The minimum absolute atomic E-state index is 0.0903. The predicted octanol–water partition coefficient (Wildman–Crippen LogP) is 5.06. The smallest absolute Gasteiger partial charge is 0.331 e. The van der Waals surface area contributed by atoms with Crippen LogP contribution in [0.5, 0.6) is 0 Å². The van der Waals surface area contributed by atoms with E-state index in [-0.39, 0.29) is 29.6 Å². The van der Waals surface area contributed by atoms with Crippen molar-refractivity contribution in [3.05, 3.63) is 42.0 Å². The second-order valence-electron chi connectivity index (χ2n) is 21.7. The highest BCUT2D eigenvalue weighted by atomic mass is 16.8. The minimum atomic E-state index is -1.35. The van der Waals surface area contributed by atoms with E-state index < -0.39 is 126 Å². The highest BCUT2D eigenvalue weighted by molar-refractivity contribution is 5.87.